The van der Waals surface area contributed by atoms with Gasteiger partial charge in [-0.3, -0.25) is 0 Å². The summed E-state index contributed by atoms with van der Waals surface area (Å²) >= 11 is 0. The molecule has 0 atom stereocenters. The highest BCUT2D eigenvalue weighted by Gasteiger charge is 2.10. The highest BCUT2D eigenvalue weighted by molar-refractivity contribution is 5.11. The predicted octanol–water partition coefficient (Wildman–Crippen LogP) is 1.51. The molecule has 0 aromatic carbocycles. The van der Waals surface area contributed by atoms with E-state index < -0.39 is 20.1 Å². The summed E-state index contributed by atoms with van der Waals surface area (Å²) in [4.78, 5) is 0. The van der Waals surface area contributed by atoms with Crippen molar-refractivity contribution in [1.29, 1.82) is 0 Å². The molecule has 0 saturated carbocycles. The molecule has 0 saturated heterocycles. The van der Waals surface area contributed by atoms with E-state index >= 15 is 0 Å². The van der Waals surface area contributed by atoms with E-state index in [1.165, 1.54) is 12.4 Å². The van der Waals surface area contributed by atoms with Crippen LogP contribution in [0.25, 0.3) is 0 Å². The minimum Gasteiger partial charge on any atom is -0.392 e. The van der Waals surface area contributed by atoms with Crippen LogP contribution in [0, 0.1) is 0 Å². The Bertz CT molecular complexity index is 571. The van der Waals surface area contributed by atoms with Crippen molar-refractivity contribution < 1.29 is 13.3 Å². The zero-order valence-corrected chi connectivity index (χ0v) is 8.80. The van der Waals surface area contributed by atoms with Gasteiger partial charge in [-0.1, -0.05) is 0 Å². The van der Waals surface area contributed by atoms with Crippen molar-refractivity contribution >= 4 is 0 Å². The molecule has 2 heterocycles. The van der Waals surface area contributed by atoms with Crippen LogP contribution in [0.1, 0.15) is 19.6 Å². The molecular weight excluding hydrogens is 200 g/mol. The van der Waals surface area contributed by atoms with Crippen molar-refractivity contribution in [2.45, 2.75) is 18.9 Å². The van der Waals surface area contributed by atoms with E-state index in [4.69, 9.17) is 8.22 Å². The van der Waals surface area contributed by atoms with E-state index in [0.29, 0.717) is 11.4 Å². The normalized spacial score (nSPS) is 18.4. The molecule has 1 N–H and O–H groups in total. The summed E-state index contributed by atoms with van der Waals surface area (Å²) in [6, 6.07) is 6.50. The maximum atomic E-state index is 10.2. The first kappa shape index (κ1) is 5.73. The molecule has 3 nitrogen and oxygen atoms in total. The Hall–Kier alpha value is -1.48. The molecule has 0 aliphatic heterocycles. The van der Waals surface area contributed by atoms with Crippen molar-refractivity contribution in [3.05, 3.63) is 48.0 Å². The quantitative estimate of drug-likeness (QED) is 0.838. The van der Waals surface area contributed by atoms with Crippen molar-refractivity contribution in [3.63, 3.8) is 0 Å². The van der Waals surface area contributed by atoms with E-state index in [2.05, 4.69) is 0 Å². The summed E-state index contributed by atoms with van der Waals surface area (Å²) in [5.41, 5.74) is 0.971. The maximum absolute atomic E-state index is 10.2. The van der Waals surface area contributed by atoms with Gasteiger partial charge in [0, 0.05) is 58.8 Å². The summed E-state index contributed by atoms with van der Waals surface area (Å²) in [7, 11) is 0. The van der Waals surface area contributed by atoms with Crippen LogP contribution in [0.15, 0.2) is 36.7 Å². The van der Waals surface area contributed by atoms with Crippen LogP contribution in [0.5, 0.6) is 0 Å². The third-order valence-electron chi connectivity index (χ3n) is 2.56. The Morgan fingerprint density at radius 3 is 2.06 bits per heavy atom. The molecule has 0 amide bonds. The largest absolute Gasteiger partial charge is 0.392 e. The molecular formula is C13H18N2O. The van der Waals surface area contributed by atoms with Crippen LogP contribution < -0.4 is 0 Å². The fourth-order valence-corrected chi connectivity index (χ4v) is 1.72. The first-order valence-corrected chi connectivity index (χ1v) is 5.10. The molecule has 0 aliphatic rings. The molecule has 0 spiro atoms. The minimum atomic E-state index is -2.29. The van der Waals surface area contributed by atoms with Gasteiger partial charge in [-0.25, -0.2) is 0 Å². The lowest BCUT2D eigenvalue weighted by Crippen LogP contribution is -2.17. The molecule has 2 aromatic heterocycles. The lowest BCUT2D eigenvalue weighted by atomic mass is 10.1. The predicted molar refractivity (Wildman–Crippen MR) is 64.2 cm³/mol. The van der Waals surface area contributed by atoms with Gasteiger partial charge in [-0.05, 0) is 24.3 Å². The van der Waals surface area contributed by atoms with E-state index in [1.807, 2.05) is 0 Å². The van der Waals surface area contributed by atoms with Crippen molar-refractivity contribution in [1.82, 2.24) is 9.13 Å². The molecule has 16 heavy (non-hydrogen) atoms. The summed E-state index contributed by atoms with van der Waals surface area (Å²) in [5, 5.41) is 10.2. The molecule has 0 aliphatic carbocycles. The Kier molecular flexibility index (Phi) is 1.64. The first-order valence-electron chi connectivity index (χ1n) is 8.10. The number of rotatable bonds is 4. The van der Waals surface area contributed by atoms with E-state index in [1.54, 1.807) is 24.3 Å². The van der Waals surface area contributed by atoms with Crippen LogP contribution in [0.3, 0.4) is 0 Å². The van der Waals surface area contributed by atoms with Crippen LogP contribution >= 0.6 is 0 Å². The van der Waals surface area contributed by atoms with Crippen LogP contribution in [0.4, 0.5) is 0 Å². The number of aromatic nitrogens is 2. The van der Waals surface area contributed by atoms with Crippen LogP contribution in [-0.2, 0) is 26.8 Å². The van der Waals surface area contributed by atoms with E-state index in [0.717, 1.165) is 9.13 Å². The highest BCUT2D eigenvalue weighted by Crippen LogP contribution is 2.09. The Morgan fingerprint density at radius 2 is 1.62 bits per heavy atom. The van der Waals surface area contributed by atoms with Gasteiger partial charge >= 0.3 is 0 Å². The Labute approximate surface area is 104 Å². The maximum Gasteiger partial charge on any atom is 0.0649 e. The average molecular weight is 224 g/mol. The van der Waals surface area contributed by atoms with E-state index in [9.17, 15) is 5.11 Å². The monoisotopic (exact) mass is 224 g/mol. The van der Waals surface area contributed by atoms with Gasteiger partial charge in [0.25, 0.3) is 0 Å². The summed E-state index contributed by atoms with van der Waals surface area (Å²) in [6.45, 7) is -4.59. The van der Waals surface area contributed by atoms with Gasteiger partial charge in [0.05, 0.1) is 6.10 Å². The SMILES string of the molecule is [2H]C([2H])([2H])n1cccc1CC(O)Cc1cccn1C([2H])([2H])[2H]. The van der Waals surface area contributed by atoms with E-state index in [-0.39, 0.29) is 12.8 Å². The Balaban J connectivity index is 2.11. The smallest absolute Gasteiger partial charge is 0.0649 e. The Morgan fingerprint density at radius 1 is 1.12 bits per heavy atom. The number of aliphatic hydroxyl groups excluding tert-OH is 1. The van der Waals surface area contributed by atoms with Crippen molar-refractivity contribution in [3.8, 4) is 0 Å². The highest BCUT2D eigenvalue weighted by atomic mass is 16.3. The fraction of sp³-hybridized carbons (Fsp3) is 0.385. The third kappa shape index (κ3) is 2.36. The fourth-order valence-electron chi connectivity index (χ4n) is 1.72. The third-order valence-corrected chi connectivity index (χ3v) is 2.56. The lowest BCUT2D eigenvalue weighted by Gasteiger charge is -2.12. The minimum absolute atomic E-state index is 0.136. The summed E-state index contributed by atoms with van der Waals surface area (Å²) < 4.78 is 46.8. The topological polar surface area (TPSA) is 30.1 Å². The second-order valence-corrected chi connectivity index (χ2v) is 3.80. The molecule has 86 valence electrons. The second kappa shape index (κ2) is 4.58. The molecule has 0 bridgehead atoms. The molecule has 3 heteroatoms. The van der Waals surface area contributed by atoms with Crippen molar-refractivity contribution in [2.24, 2.45) is 14.0 Å². The molecule has 2 aromatic rings. The number of hydrogen-bond acceptors (Lipinski definition) is 1. The zero-order chi connectivity index (χ0) is 16.5. The van der Waals surface area contributed by atoms with Gasteiger partial charge in [0.1, 0.15) is 0 Å². The van der Waals surface area contributed by atoms with Crippen LogP contribution in [-0.4, -0.2) is 20.3 Å². The van der Waals surface area contributed by atoms with Crippen LogP contribution in [0.2, 0.25) is 0 Å². The van der Waals surface area contributed by atoms with Gasteiger partial charge in [-0.2, -0.15) is 0 Å². The average Bonchev–Trinajstić information content (AvgIpc) is 2.95. The number of hydrogen-bond donors (Lipinski definition) is 1. The molecule has 0 radical (unpaired) electrons. The second-order valence-electron chi connectivity index (χ2n) is 3.80. The number of aryl methyl sites for hydroxylation is 2. The standard InChI is InChI=1S/C13H18N2O/c1-14-7-3-5-11(14)9-13(16)10-12-6-4-8-15(12)2/h3-8,13,16H,9-10H2,1-2H3/i1D3,2D3. The van der Waals surface area contributed by atoms with Crippen molar-refractivity contribution in [2.75, 3.05) is 0 Å². The summed E-state index contributed by atoms with van der Waals surface area (Å²) in [6.07, 6.45) is 2.29. The number of nitrogens with zero attached hydrogens (tertiary/aromatic N) is 2. The molecule has 2 rings (SSSR count). The van der Waals surface area contributed by atoms with Gasteiger partial charge in [-0.15, -0.1) is 0 Å². The number of aliphatic hydroxyl groups is 1. The lowest BCUT2D eigenvalue weighted by molar-refractivity contribution is 0.171. The van der Waals surface area contributed by atoms with Gasteiger partial charge < -0.3 is 14.2 Å². The van der Waals surface area contributed by atoms with Gasteiger partial charge in [0.15, 0.2) is 0 Å². The van der Waals surface area contributed by atoms with Gasteiger partial charge in [0.2, 0.25) is 0 Å². The first-order chi connectivity index (χ1) is 10.1. The zero-order valence-electron chi connectivity index (χ0n) is 14.8. The summed E-state index contributed by atoms with van der Waals surface area (Å²) in [5.74, 6) is 0. The molecule has 0 unspecified atom stereocenters. The molecule has 0 fully saturated rings.